The number of benzene rings is 1. The lowest BCUT2D eigenvalue weighted by molar-refractivity contribution is 1.11. The van der Waals surface area contributed by atoms with Gasteiger partial charge in [0.1, 0.15) is 11.6 Å². The van der Waals surface area contributed by atoms with Crippen LogP contribution in [-0.4, -0.2) is 4.98 Å². The van der Waals surface area contributed by atoms with Crippen molar-refractivity contribution in [3.8, 4) is 0 Å². The number of pyridine rings is 1. The molecule has 1 aromatic heterocycles. The summed E-state index contributed by atoms with van der Waals surface area (Å²) in [5.74, 6) is 1.32. The first-order valence-corrected chi connectivity index (χ1v) is 5.74. The first kappa shape index (κ1) is 11.0. The van der Waals surface area contributed by atoms with Crippen LogP contribution in [0, 0.1) is 0 Å². The Kier molecular flexibility index (Phi) is 3.41. The highest BCUT2D eigenvalue weighted by Crippen LogP contribution is 2.13. The average molecular weight is 278 g/mol. The fraction of sp³-hybridized carbons (Fsp3) is 0.0833. The van der Waals surface area contributed by atoms with E-state index in [2.05, 4.69) is 38.4 Å². The number of nitrogens with two attached hydrogens (primary N) is 1. The van der Waals surface area contributed by atoms with E-state index in [0.717, 1.165) is 16.8 Å². The third kappa shape index (κ3) is 2.97. The van der Waals surface area contributed by atoms with Gasteiger partial charge in [0, 0.05) is 11.0 Å². The molecule has 2 aromatic rings. The van der Waals surface area contributed by atoms with Gasteiger partial charge in [0.05, 0.1) is 0 Å². The molecule has 3 nitrogen and oxygen atoms in total. The van der Waals surface area contributed by atoms with Crippen molar-refractivity contribution in [3.05, 3.63) is 52.5 Å². The molecule has 82 valence electrons. The van der Waals surface area contributed by atoms with E-state index >= 15 is 0 Å². The Labute approximate surface area is 103 Å². The lowest BCUT2D eigenvalue weighted by Gasteiger charge is -2.06. The summed E-state index contributed by atoms with van der Waals surface area (Å²) in [7, 11) is 0. The van der Waals surface area contributed by atoms with E-state index in [-0.39, 0.29) is 0 Å². The van der Waals surface area contributed by atoms with Crippen LogP contribution in [0.5, 0.6) is 0 Å². The van der Waals surface area contributed by atoms with Crippen molar-refractivity contribution in [3.63, 3.8) is 0 Å². The molecule has 3 N–H and O–H groups in total. The maximum Gasteiger partial charge on any atom is 0.128 e. The van der Waals surface area contributed by atoms with E-state index in [1.54, 1.807) is 6.07 Å². The number of rotatable bonds is 3. The molecule has 0 aliphatic rings. The van der Waals surface area contributed by atoms with Crippen LogP contribution in [0.15, 0.2) is 46.9 Å². The number of halogens is 1. The van der Waals surface area contributed by atoms with Crippen LogP contribution in [0.4, 0.5) is 11.6 Å². The standard InChI is InChI=1S/C12H12BrN3/c13-10-4-1-3-9(7-10)8-15-12-6-2-5-11(14)16-12/h1-7H,8H2,(H3,14,15,16). The Morgan fingerprint density at radius 2 is 2.00 bits per heavy atom. The van der Waals surface area contributed by atoms with E-state index in [1.807, 2.05) is 24.3 Å². The van der Waals surface area contributed by atoms with Gasteiger partial charge in [-0.3, -0.25) is 0 Å². The molecule has 1 heterocycles. The molecule has 0 aliphatic heterocycles. The lowest BCUT2D eigenvalue weighted by Crippen LogP contribution is -2.02. The summed E-state index contributed by atoms with van der Waals surface area (Å²) in [5.41, 5.74) is 6.79. The van der Waals surface area contributed by atoms with Crippen molar-refractivity contribution in [1.29, 1.82) is 0 Å². The number of hydrogen-bond donors (Lipinski definition) is 2. The minimum Gasteiger partial charge on any atom is -0.384 e. The molecule has 0 radical (unpaired) electrons. The highest BCUT2D eigenvalue weighted by molar-refractivity contribution is 9.10. The fourth-order valence-electron chi connectivity index (χ4n) is 1.39. The summed E-state index contributed by atoms with van der Waals surface area (Å²) in [6.45, 7) is 0.732. The molecular weight excluding hydrogens is 266 g/mol. The van der Waals surface area contributed by atoms with Gasteiger partial charge < -0.3 is 11.1 Å². The molecule has 0 amide bonds. The molecule has 0 bridgehead atoms. The zero-order valence-electron chi connectivity index (χ0n) is 8.65. The topological polar surface area (TPSA) is 50.9 Å². The molecule has 0 saturated carbocycles. The molecule has 0 atom stereocenters. The molecular formula is C12H12BrN3. The second kappa shape index (κ2) is 4.99. The number of nitrogens with zero attached hydrogens (tertiary/aromatic N) is 1. The molecule has 4 heteroatoms. The minimum absolute atomic E-state index is 0.527. The fourth-order valence-corrected chi connectivity index (χ4v) is 1.84. The second-order valence-corrected chi connectivity index (χ2v) is 4.35. The Morgan fingerprint density at radius 1 is 1.19 bits per heavy atom. The van der Waals surface area contributed by atoms with Gasteiger partial charge in [0.15, 0.2) is 0 Å². The van der Waals surface area contributed by atoms with Crippen molar-refractivity contribution < 1.29 is 0 Å². The third-order valence-corrected chi connectivity index (χ3v) is 2.63. The lowest BCUT2D eigenvalue weighted by atomic mass is 10.2. The summed E-state index contributed by atoms with van der Waals surface area (Å²) < 4.78 is 1.08. The summed E-state index contributed by atoms with van der Waals surface area (Å²) in [5, 5.41) is 3.22. The monoisotopic (exact) mass is 277 g/mol. The number of nitrogen functional groups attached to an aromatic ring is 1. The first-order valence-electron chi connectivity index (χ1n) is 4.95. The minimum atomic E-state index is 0.527. The van der Waals surface area contributed by atoms with E-state index in [9.17, 15) is 0 Å². The molecule has 1 aromatic carbocycles. The number of anilines is 2. The first-order chi connectivity index (χ1) is 7.74. The van der Waals surface area contributed by atoms with Crippen LogP contribution in [-0.2, 0) is 6.54 Å². The highest BCUT2D eigenvalue weighted by Gasteiger charge is 1.96. The molecule has 16 heavy (non-hydrogen) atoms. The molecule has 0 unspecified atom stereocenters. The SMILES string of the molecule is Nc1cccc(NCc2cccc(Br)c2)n1. The molecule has 0 saturated heterocycles. The van der Waals surface area contributed by atoms with E-state index in [0.29, 0.717) is 5.82 Å². The number of nitrogens with one attached hydrogen (secondary N) is 1. The number of hydrogen-bond acceptors (Lipinski definition) is 3. The Hall–Kier alpha value is -1.55. The molecule has 2 rings (SSSR count). The predicted molar refractivity (Wildman–Crippen MR) is 70.1 cm³/mol. The number of aromatic nitrogens is 1. The zero-order valence-corrected chi connectivity index (χ0v) is 10.2. The quantitative estimate of drug-likeness (QED) is 0.907. The molecule has 0 aliphatic carbocycles. The molecule has 0 spiro atoms. The average Bonchev–Trinajstić information content (AvgIpc) is 2.27. The summed E-state index contributed by atoms with van der Waals surface area (Å²) in [4.78, 5) is 4.17. The van der Waals surface area contributed by atoms with Crippen LogP contribution < -0.4 is 11.1 Å². The summed E-state index contributed by atoms with van der Waals surface area (Å²) >= 11 is 3.44. The van der Waals surface area contributed by atoms with Gasteiger partial charge in [0.25, 0.3) is 0 Å². The Morgan fingerprint density at radius 3 is 2.75 bits per heavy atom. The largest absolute Gasteiger partial charge is 0.384 e. The van der Waals surface area contributed by atoms with Crippen molar-refractivity contribution in [2.24, 2.45) is 0 Å². The van der Waals surface area contributed by atoms with E-state index in [1.165, 1.54) is 5.56 Å². The summed E-state index contributed by atoms with van der Waals surface area (Å²) in [6, 6.07) is 13.7. The maximum atomic E-state index is 5.59. The van der Waals surface area contributed by atoms with Crippen LogP contribution in [0.3, 0.4) is 0 Å². The zero-order chi connectivity index (χ0) is 11.4. The van der Waals surface area contributed by atoms with Crippen LogP contribution in [0.2, 0.25) is 0 Å². The van der Waals surface area contributed by atoms with Crippen LogP contribution in [0.25, 0.3) is 0 Å². The maximum absolute atomic E-state index is 5.59. The van der Waals surface area contributed by atoms with Gasteiger partial charge in [-0.1, -0.05) is 34.1 Å². The third-order valence-electron chi connectivity index (χ3n) is 2.13. The van der Waals surface area contributed by atoms with Gasteiger partial charge in [-0.05, 0) is 29.8 Å². The van der Waals surface area contributed by atoms with Gasteiger partial charge in [0.2, 0.25) is 0 Å². The van der Waals surface area contributed by atoms with Crippen molar-refractivity contribution in [2.45, 2.75) is 6.54 Å². The van der Waals surface area contributed by atoms with Gasteiger partial charge in [-0.25, -0.2) is 4.98 Å². The highest BCUT2D eigenvalue weighted by atomic mass is 79.9. The van der Waals surface area contributed by atoms with E-state index in [4.69, 9.17) is 5.73 Å². The summed E-state index contributed by atoms with van der Waals surface area (Å²) in [6.07, 6.45) is 0. The second-order valence-electron chi connectivity index (χ2n) is 3.43. The van der Waals surface area contributed by atoms with Crippen LogP contribution in [0.1, 0.15) is 5.56 Å². The smallest absolute Gasteiger partial charge is 0.128 e. The van der Waals surface area contributed by atoms with Crippen LogP contribution >= 0.6 is 15.9 Å². The Balaban J connectivity index is 2.02. The van der Waals surface area contributed by atoms with E-state index < -0.39 is 0 Å². The van der Waals surface area contributed by atoms with Gasteiger partial charge in [-0.2, -0.15) is 0 Å². The van der Waals surface area contributed by atoms with Gasteiger partial charge in [-0.15, -0.1) is 0 Å². The van der Waals surface area contributed by atoms with Crippen molar-refractivity contribution in [1.82, 2.24) is 4.98 Å². The van der Waals surface area contributed by atoms with Gasteiger partial charge >= 0.3 is 0 Å². The normalized spacial score (nSPS) is 10.1. The predicted octanol–water partition coefficient (Wildman–Crippen LogP) is 3.04. The van der Waals surface area contributed by atoms with Crippen molar-refractivity contribution in [2.75, 3.05) is 11.1 Å². The van der Waals surface area contributed by atoms with Crippen molar-refractivity contribution >= 4 is 27.6 Å². The molecule has 0 fully saturated rings. The Bertz CT molecular complexity index is 440.